The number of benzene rings is 2. The van der Waals surface area contributed by atoms with Gasteiger partial charge in [0.2, 0.25) is 0 Å². The van der Waals surface area contributed by atoms with Crippen molar-refractivity contribution in [2.45, 2.75) is 26.8 Å². The number of amides is 2. The number of urea groups is 1. The number of aryl methyl sites for hydroxylation is 1. The molecule has 0 aliphatic carbocycles. The minimum absolute atomic E-state index is 0.0915. The summed E-state index contributed by atoms with van der Waals surface area (Å²) >= 11 is 0. The van der Waals surface area contributed by atoms with Crippen LogP contribution in [-0.2, 0) is 13.0 Å². The van der Waals surface area contributed by atoms with Crippen LogP contribution in [0.5, 0.6) is 0 Å². The molecule has 154 valence electrons. The Bertz CT molecular complexity index is 1080. The normalized spacial score (nSPS) is 13.0. The summed E-state index contributed by atoms with van der Waals surface area (Å²) in [6, 6.07) is 15.9. The van der Waals surface area contributed by atoms with E-state index in [1.807, 2.05) is 86.3 Å². The van der Waals surface area contributed by atoms with Gasteiger partial charge < -0.3 is 15.1 Å². The van der Waals surface area contributed by atoms with Crippen molar-refractivity contribution in [3.8, 4) is 11.4 Å². The van der Waals surface area contributed by atoms with Gasteiger partial charge in [0.05, 0.1) is 12.2 Å². The maximum absolute atomic E-state index is 13.0. The highest BCUT2D eigenvalue weighted by molar-refractivity contribution is 5.90. The van der Waals surface area contributed by atoms with Crippen LogP contribution < -0.4 is 10.2 Å². The standard InChI is InChI=1S/C24H27N5O/c1-16-9-8-12-20(17(16)2)26-24(30)29-14-13-21-19(15-29)23(28(3)4)27-22(25-21)18-10-6-5-7-11-18/h5-12H,13-15H2,1-4H3,(H,26,30). The smallest absolute Gasteiger partial charge is 0.322 e. The maximum Gasteiger partial charge on any atom is 0.322 e. The molecule has 0 atom stereocenters. The third-order valence-corrected chi connectivity index (χ3v) is 5.63. The SMILES string of the molecule is Cc1cccc(NC(=O)N2CCc3nc(-c4ccccc4)nc(N(C)C)c3C2)c1C. The first-order valence-electron chi connectivity index (χ1n) is 10.2. The van der Waals surface area contributed by atoms with E-state index in [0.717, 1.165) is 45.3 Å². The van der Waals surface area contributed by atoms with Gasteiger partial charge in [-0.1, -0.05) is 42.5 Å². The quantitative estimate of drug-likeness (QED) is 0.706. The molecule has 0 spiro atoms. The van der Waals surface area contributed by atoms with Crippen LogP contribution in [-0.4, -0.2) is 41.5 Å². The second-order valence-corrected chi connectivity index (χ2v) is 7.91. The summed E-state index contributed by atoms with van der Waals surface area (Å²) in [4.78, 5) is 26.5. The van der Waals surface area contributed by atoms with Crippen molar-refractivity contribution in [1.82, 2.24) is 14.9 Å². The highest BCUT2D eigenvalue weighted by Crippen LogP contribution is 2.29. The number of nitrogens with zero attached hydrogens (tertiary/aromatic N) is 4. The van der Waals surface area contributed by atoms with E-state index >= 15 is 0 Å². The van der Waals surface area contributed by atoms with E-state index in [2.05, 4.69) is 5.32 Å². The Kier molecular flexibility index (Phi) is 5.40. The molecule has 2 aromatic carbocycles. The Labute approximate surface area is 177 Å². The van der Waals surface area contributed by atoms with Crippen molar-refractivity contribution in [3.05, 3.63) is 70.9 Å². The van der Waals surface area contributed by atoms with Crippen molar-refractivity contribution < 1.29 is 4.79 Å². The van der Waals surface area contributed by atoms with Crippen molar-refractivity contribution >= 4 is 17.5 Å². The monoisotopic (exact) mass is 401 g/mol. The minimum atomic E-state index is -0.0915. The van der Waals surface area contributed by atoms with E-state index in [4.69, 9.17) is 9.97 Å². The van der Waals surface area contributed by atoms with Crippen LogP contribution >= 0.6 is 0 Å². The van der Waals surface area contributed by atoms with E-state index in [9.17, 15) is 4.79 Å². The summed E-state index contributed by atoms with van der Waals surface area (Å²) in [5, 5.41) is 3.07. The van der Waals surface area contributed by atoms with E-state index < -0.39 is 0 Å². The zero-order chi connectivity index (χ0) is 21.3. The van der Waals surface area contributed by atoms with Crippen molar-refractivity contribution in [2.75, 3.05) is 30.9 Å². The Hall–Kier alpha value is -3.41. The molecule has 1 N–H and O–H groups in total. The van der Waals surface area contributed by atoms with Gasteiger partial charge >= 0.3 is 6.03 Å². The Morgan fingerprint density at radius 3 is 2.53 bits per heavy atom. The summed E-state index contributed by atoms with van der Waals surface area (Å²) in [5.74, 6) is 1.59. The second kappa shape index (κ2) is 8.14. The first kappa shape index (κ1) is 19.9. The predicted octanol–water partition coefficient (Wildman–Crippen LogP) is 4.42. The van der Waals surface area contributed by atoms with Gasteiger partial charge in [0.1, 0.15) is 5.82 Å². The zero-order valence-corrected chi connectivity index (χ0v) is 17.9. The molecule has 2 amide bonds. The molecule has 1 aliphatic rings. The second-order valence-electron chi connectivity index (χ2n) is 7.91. The average Bonchev–Trinajstić information content (AvgIpc) is 2.76. The molecule has 0 bridgehead atoms. The molecule has 0 radical (unpaired) electrons. The van der Waals surface area contributed by atoms with Gasteiger partial charge in [0, 0.05) is 43.9 Å². The molecule has 6 heteroatoms. The minimum Gasteiger partial charge on any atom is -0.362 e. The molecule has 3 aromatic rings. The van der Waals surface area contributed by atoms with Crippen molar-refractivity contribution in [1.29, 1.82) is 0 Å². The number of nitrogens with one attached hydrogen (secondary N) is 1. The molecule has 0 fully saturated rings. The van der Waals surface area contributed by atoms with E-state index in [-0.39, 0.29) is 6.03 Å². The number of carbonyl (C=O) groups is 1. The van der Waals surface area contributed by atoms with Crippen LogP contribution in [0, 0.1) is 13.8 Å². The fourth-order valence-corrected chi connectivity index (χ4v) is 3.74. The number of fused-ring (bicyclic) bond motifs is 1. The van der Waals surface area contributed by atoms with Crippen LogP contribution in [0.4, 0.5) is 16.3 Å². The summed E-state index contributed by atoms with van der Waals surface area (Å²) in [6.07, 6.45) is 0.707. The lowest BCUT2D eigenvalue weighted by molar-refractivity contribution is 0.206. The summed E-state index contributed by atoms with van der Waals surface area (Å²) in [6.45, 7) is 5.20. The van der Waals surface area contributed by atoms with Crippen LogP contribution in [0.25, 0.3) is 11.4 Å². The maximum atomic E-state index is 13.0. The van der Waals surface area contributed by atoms with Crippen molar-refractivity contribution in [2.24, 2.45) is 0 Å². The van der Waals surface area contributed by atoms with Crippen LogP contribution in [0.3, 0.4) is 0 Å². The lowest BCUT2D eigenvalue weighted by Gasteiger charge is -2.31. The van der Waals surface area contributed by atoms with Crippen LogP contribution in [0.1, 0.15) is 22.4 Å². The fourth-order valence-electron chi connectivity index (χ4n) is 3.74. The zero-order valence-electron chi connectivity index (χ0n) is 17.9. The molecule has 1 aromatic heterocycles. The number of aromatic nitrogens is 2. The predicted molar refractivity (Wildman–Crippen MR) is 121 cm³/mol. The summed E-state index contributed by atoms with van der Waals surface area (Å²) < 4.78 is 0. The number of rotatable bonds is 3. The van der Waals surface area contributed by atoms with Gasteiger partial charge in [-0.25, -0.2) is 14.8 Å². The van der Waals surface area contributed by atoms with Gasteiger partial charge in [-0.2, -0.15) is 0 Å². The molecule has 4 rings (SSSR count). The highest BCUT2D eigenvalue weighted by atomic mass is 16.2. The molecule has 30 heavy (non-hydrogen) atoms. The van der Waals surface area contributed by atoms with E-state index in [1.165, 1.54) is 0 Å². The van der Waals surface area contributed by atoms with Gasteiger partial charge in [0.15, 0.2) is 5.82 Å². The number of hydrogen-bond donors (Lipinski definition) is 1. The number of hydrogen-bond acceptors (Lipinski definition) is 4. The average molecular weight is 402 g/mol. The molecular formula is C24H27N5O. The summed E-state index contributed by atoms with van der Waals surface area (Å²) in [7, 11) is 3.96. The molecule has 0 saturated heterocycles. The van der Waals surface area contributed by atoms with Crippen LogP contribution in [0.2, 0.25) is 0 Å². The number of carbonyl (C=O) groups excluding carboxylic acids is 1. The van der Waals surface area contributed by atoms with E-state index in [1.54, 1.807) is 0 Å². The third-order valence-electron chi connectivity index (χ3n) is 5.63. The van der Waals surface area contributed by atoms with E-state index in [0.29, 0.717) is 19.5 Å². The molecule has 2 heterocycles. The first-order chi connectivity index (χ1) is 14.4. The Morgan fingerprint density at radius 1 is 1.03 bits per heavy atom. The Morgan fingerprint density at radius 2 is 1.80 bits per heavy atom. The van der Waals surface area contributed by atoms with Gasteiger partial charge in [-0.05, 0) is 31.0 Å². The lowest BCUT2D eigenvalue weighted by Crippen LogP contribution is -2.40. The van der Waals surface area contributed by atoms with Crippen molar-refractivity contribution in [3.63, 3.8) is 0 Å². The highest BCUT2D eigenvalue weighted by Gasteiger charge is 2.26. The molecule has 6 nitrogen and oxygen atoms in total. The van der Waals surface area contributed by atoms with Crippen LogP contribution in [0.15, 0.2) is 48.5 Å². The van der Waals surface area contributed by atoms with Gasteiger partial charge in [-0.15, -0.1) is 0 Å². The lowest BCUT2D eigenvalue weighted by atomic mass is 10.0. The molecule has 1 aliphatic heterocycles. The Balaban J connectivity index is 1.61. The fraction of sp³-hybridized carbons (Fsp3) is 0.292. The largest absolute Gasteiger partial charge is 0.362 e. The third kappa shape index (κ3) is 3.85. The number of anilines is 2. The molecule has 0 saturated carbocycles. The van der Waals surface area contributed by atoms with Gasteiger partial charge in [0.25, 0.3) is 0 Å². The molecule has 0 unspecified atom stereocenters. The first-order valence-corrected chi connectivity index (χ1v) is 10.2. The summed E-state index contributed by atoms with van der Waals surface area (Å²) in [5.41, 5.74) is 6.14. The molecular weight excluding hydrogens is 374 g/mol. The topological polar surface area (TPSA) is 61.4 Å². The van der Waals surface area contributed by atoms with Gasteiger partial charge in [-0.3, -0.25) is 0 Å².